The highest BCUT2D eigenvalue weighted by Crippen LogP contribution is 2.22. The van der Waals surface area contributed by atoms with Gasteiger partial charge >= 0.3 is 0 Å². The molecule has 1 saturated heterocycles. The molecule has 0 radical (unpaired) electrons. The van der Waals surface area contributed by atoms with Crippen molar-refractivity contribution in [2.75, 3.05) is 38.7 Å². The molecule has 1 saturated carbocycles. The molecule has 0 bridgehead atoms. The van der Waals surface area contributed by atoms with Gasteiger partial charge in [0.15, 0.2) is 5.96 Å². The Hall–Kier alpha value is -0.180. The van der Waals surface area contributed by atoms with Gasteiger partial charge in [0.25, 0.3) is 0 Å². The summed E-state index contributed by atoms with van der Waals surface area (Å²) in [6.07, 6.45) is 9.17. The van der Waals surface area contributed by atoms with Crippen LogP contribution in [0.1, 0.15) is 44.9 Å². The third-order valence-electron chi connectivity index (χ3n) is 4.66. The van der Waals surface area contributed by atoms with Crippen molar-refractivity contribution in [3.63, 3.8) is 0 Å². The van der Waals surface area contributed by atoms with E-state index in [-0.39, 0.29) is 36.4 Å². The zero-order chi connectivity index (χ0) is 16.5. The molecule has 2 fully saturated rings. The van der Waals surface area contributed by atoms with Crippen LogP contribution in [0.4, 0.5) is 0 Å². The third kappa shape index (κ3) is 8.27. The van der Waals surface area contributed by atoms with Gasteiger partial charge in [0.1, 0.15) is 6.54 Å². The molecule has 2 rings (SSSR count). The highest BCUT2D eigenvalue weighted by atomic mass is 127. The van der Waals surface area contributed by atoms with Gasteiger partial charge in [0.05, 0.1) is 0 Å². The second-order valence-electron chi connectivity index (χ2n) is 6.90. The number of likely N-dealkylation sites (N-methyl/N-ethyl adjacent to an activating group) is 1. The first kappa shape index (κ1) is 21.9. The maximum atomic E-state index is 11.8. The summed E-state index contributed by atoms with van der Waals surface area (Å²) in [5, 5.41) is 7.03. The van der Waals surface area contributed by atoms with Crippen molar-refractivity contribution in [3.05, 3.63) is 0 Å². The Labute approximate surface area is 168 Å². The molecule has 1 unspecified atom stereocenters. The van der Waals surface area contributed by atoms with E-state index < -0.39 is 0 Å². The number of thioether (sulfide) groups is 1. The predicted molar refractivity (Wildman–Crippen MR) is 114 cm³/mol. The molecule has 24 heavy (non-hydrogen) atoms. The highest BCUT2D eigenvalue weighted by Gasteiger charge is 2.17. The monoisotopic (exact) mass is 468 g/mol. The van der Waals surface area contributed by atoms with Crippen LogP contribution >= 0.6 is 35.7 Å². The van der Waals surface area contributed by atoms with Gasteiger partial charge in [0.2, 0.25) is 5.91 Å². The van der Waals surface area contributed by atoms with Gasteiger partial charge in [-0.2, -0.15) is 11.8 Å². The van der Waals surface area contributed by atoms with Crippen LogP contribution in [0.25, 0.3) is 0 Å². The van der Waals surface area contributed by atoms with Gasteiger partial charge in [0, 0.05) is 32.4 Å². The first-order valence-electron chi connectivity index (χ1n) is 8.98. The van der Waals surface area contributed by atoms with Crippen LogP contribution in [0.2, 0.25) is 0 Å². The maximum Gasteiger partial charge on any atom is 0.243 e. The summed E-state index contributed by atoms with van der Waals surface area (Å²) in [6, 6.07) is 0.473. The lowest BCUT2D eigenvalue weighted by Gasteiger charge is -2.27. The third-order valence-corrected chi connectivity index (χ3v) is 5.87. The van der Waals surface area contributed by atoms with Crippen molar-refractivity contribution < 1.29 is 4.79 Å². The number of carbonyl (C=O) groups is 1. The number of nitrogens with zero attached hydrogens (tertiary/aromatic N) is 2. The Morgan fingerprint density at radius 3 is 2.54 bits per heavy atom. The SMILES string of the molecule is CN(C)C(=O)CN=C(NCC1CCCCC1)NC1CCCSC1.I. The number of amides is 1. The molecule has 1 atom stereocenters. The Bertz CT molecular complexity index is 394. The zero-order valence-corrected chi connectivity index (χ0v) is 18.2. The average molecular weight is 468 g/mol. The van der Waals surface area contributed by atoms with Gasteiger partial charge in [-0.15, -0.1) is 24.0 Å². The first-order valence-corrected chi connectivity index (χ1v) is 10.1. The summed E-state index contributed by atoms with van der Waals surface area (Å²) in [5.41, 5.74) is 0. The topological polar surface area (TPSA) is 56.7 Å². The molecule has 1 aliphatic heterocycles. The van der Waals surface area contributed by atoms with Gasteiger partial charge in [-0.3, -0.25) is 4.79 Å². The fraction of sp³-hybridized carbons (Fsp3) is 0.882. The Kier molecular flexibility index (Phi) is 11.1. The summed E-state index contributed by atoms with van der Waals surface area (Å²) in [6.45, 7) is 1.19. The van der Waals surface area contributed by atoms with Gasteiger partial charge in [-0.1, -0.05) is 19.3 Å². The minimum atomic E-state index is 0. The predicted octanol–water partition coefficient (Wildman–Crippen LogP) is 2.70. The fourth-order valence-corrected chi connectivity index (χ4v) is 4.19. The Balaban J connectivity index is 0.00000288. The summed E-state index contributed by atoms with van der Waals surface area (Å²) >= 11 is 2.00. The molecule has 2 N–H and O–H groups in total. The first-order chi connectivity index (χ1) is 11.1. The highest BCUT2D eigenvalue weighted by molar-refractivity contribution is 14.0. The van der Waals surface area contributed by atoms with Crippen molar-refractivity contribution in [2.24, 2.45) is 10.9 Å². The molecule has 1 heterocycles. The maximum absolute atomic E-state index is 11.8. The molecule has 0 aromatic rings. The normalized spacial score (nSPS) is 22.4. The quantitative estimate of drug-likeness (QED) is 0.370. The standard InChI is InChI=1S/C17H32N4OS.HI/c1-21(2)16(22)12-19-17(20-15-9-6-10-23-13-15)18-11-14-7-4-3-5-8-14;/h14-15H,3-13H2,1-2H3,(H2,18,19,20);1H. The smallest absolute Gasteiger partial charge is 0.243 e. The molecule has 0 aromatic carbocycles. The average Bonchev–Trinajstić information content (AvgIpc) is 2.58. The van der Waals surface area contributed by atoms with Crippen LogP contribution < -0.4 is 10.6 Å². The number of rotatable bonds is 5. The van der Waals surface area contributed by atoms with Crippen molar-refractivity contribution in [1.29, 1.82) is 0 Å². The van der Waals surface area contributed by atoms with Crippen molar-refractivity contribution >= 4 is 47.6 Å². The summed E-state index contributed by atoms with van der Waals surface area (Å²) in [5.74, 6) is 4.01. The molecule has 7 heteroatoms. The van der Waals surface area contributed by atoms with E-state index in [1.165, 1.54) is 50.7 Å². The minimum absolute atomic E-state index is 0. The van der Waals surface area contributed by atoms with E-state index in [1.807, 2.05) is 11.8 Å². The molecule has 0 spiro atoms. The van der Waals surface area contributed by atoms with E-state index in [4.69, 9.17) is 0 Å². The largest absolute Gasteiger partial charge is 0.356 e. The lowest BCUT2D eigenvalue weighted by molar-refractivity contribution is -0.127. The van der Waals surface area contributed by atoms with Gasteiger partial charge < -0.3 is 15.5 Å². The number of aliphatic imine (C=N–C) groups is 1. The van der Waals surface area contributed by atoms with Gasteiger partial charge in [-0.05, 0) is 37.4 Å². The number of guanidine groups is 1. The summed E-state index contributed by atoms with van der Waals surface area (Å²) in [4.78, 5) is 17.9. The molecular formula is C17H33IN4OS. The molecule has 5 nitrogen and oxygen atoms in total. The number of carbonyl (C=O) groups excluding carboxylic acids is 1. The summed E-state index contributed by atoms with van der Waals surface area (Å²) < 4.78 is 0. The van der Waals surface area contributed by atoms with E-state index in [9.17, 15) is 4.79 Å². The Morgan fingerprint density at radius 2 is 1.92 bits per heavy atom. The van der Waals surface area contributed by atoms with E-state index in [0.29, 0.717) is 6.04 Å². The second kappa shape index (κ2) is 12.2. The number of nitrogens with one attached hydrogen (secondary N) is 2. The lowest BCUT2D eigenvalue weighted by Crippen LogP contribution is -2.47. The van der Waals surface area contributed by atoms with E-state index in [2.05, 4.69) is 15.6 Å². The zero-order valence-electron chi connectivity index (χ0n) is 15.1. The summed E-state index contributed by atoms with van der Waals surface area (Å²) in [7, 11) is 3.55. The van der Waals surface area contributed by atoms with Crippen LogP contribution in [-0.4, -0.2) is 61.5 Å². The number of hydrogen-bond donors (Lipinski definition) is 2. The van der Waals surface area contributed by atoms with E-state index in [1.54, 1.807) is 19.0 Å². The van der Waals surface area contributed by atoms with Crippen molar-refractivity contribution in [1.82, 2.24) is 15.5 Å². The van der Waals surface area contributed by atoms with Crippen LogP contribution in [-0.2, 0) is 4.79 Å². The van der Waals surface area contributed by atoms with E-state index in [0.717, 1.165) is 24.2 Å². The van der Waals surface area contributed by atoms with E-state index >= 15 is 0 Å². The van der Waals surface area contributed by atoms with Gasteiger partial charge in [-0.25, -0.2) is 4.99 Å². The molecular weight excluding hydrogens is 435 g/mol. The molecule has 140 valence electrons. The molecule has 1 amide bonds. The number of halogens is 1. The van der Waals surface area contributed by atoms with Crippen LogP contribution in [0, 0.1) is 5.92 Å². The molecule has 1 aliphatic carbocycles. The number of hydrogen-bond acceptors (Lipinski definition) is 3. The molecule has 0 aromatic heterocycles. The Morgan fingerprint density at radius 1 is 1.17 bits per heavy atom. The van der Waals surface area contributed by atoms with Crippen LogP contribution in [0.3, 0.4) is 0 Å². The lowest BCUT2D eigenvalue weighted by atomic mass is 9.89. The molecule has 2 aliphatic rings. The second-order valence-corrected chi connectivity index (χ2v) is 8.05. The van der Waals surface area contributed by atoms with Crippen molar-refractivity contribution in [3.8, 4) is 0 Å². The fourth-order valence-electron chi connectivity index (χ4n) is 3.12. The van der Waals surface area contributed by atoms with Crippen LogP contribution in [0.15, 0.2) is 4.99 Å². The van der Waals surface area contributed by atoms with Crippen molar-refractivity contribution in [2.45, 2.75) is 51.0 Å². The minimum Gasteiger partial charge on any atom is -0.356 e. The van der Waals surface area contributed by atoms with Crippen LogP contribution in [0.5, 0.6) is 0 Å².